The first kappa shape index (κ1) is 14.8. The maximum absolute atomic E-state index is 11.9. The van der Waals surface area contributed by atoms with Gasteiger partial charge in [-0.15, -0.1) is 0 Å². The Kier molecular flexibility index (Phi) is 5.00. The summed E-state index contributed by atoms with van der Waals surface area (Å²) in [4.78, 5) is 24.0. The SMILES string of the molecule is O=C(O)CCNC(=O)N1CCC(c2cccc(Br)c2)C1. The third kappa shape index (κ3) is 3.96. The molecular formula is C14H17BrN2O3. The summed E-state index contributed by atoms with van der Waals surface area (Å²) in [6, 6.07) is 7.95. The van der Waals surface area contributed by atoms with E-state index < -0.39 is 5.97 Å². The number of benzene rings is 1. The van der Waals surface area contributed by atoms with E-state index in [1.54, 1.807) is 4.90 Å². The molecule has 6 heteroatoms. The third-order valence-electron chi connectivity index (χ3n) is 3.41. The molecule has 1 aliphatic heterocycles. The van der Waals surface area contributed by atoms with Gasteiger partial charge < -0.3 is 15.3 Å². The van der Waals surface area contributed by atoms with E-state index in [9.17, 15) is 9.59 Å². The number of nitrogens with one attached hydrogen (secondary N) is 1. The smallest absolute Gasteiger partial charge is 0.317 e. The molecule has 0 bridgehead atoms. The normalized spacial score (nSPS) is 18.1. The Morgan fingerprint density at radius 3 is 2.95 bits per heavy atom. The van der Waals surface area contributed by atoms with Crippen LogP contribution in [0.4, 0.5) is 4.79 Å². The first-order chi connectivity index (χ1) is 9.56. The summed E-state index contributed by atoms with van der Waals surface area (Å²) < 4.78 is 1.04. The molecular weight excluding hydrogens is 324 g/mol. The number of halogens is 1. The number of urea groups is 1. The molecule has 0 saturated carbocycles. The van der Waals surface area contributed by atoms with Gasteiger partial charge in [0.15, 0.2) is 0 Å². The van der Waals surface area contributed by atoms with Crippen LogP contribution in [0.15, 0.2) is 28.7 Å². The zero-order valence-corrected chi connectivity index (χ0v) is 12.6. The Morgan fingerprint density at radius 2 is 2.25 bits per heavy atom. The highest BCUT2D eigenvalue weighted by molar-refractivity contribution is 9.10. The van der Waals surface area contributed by atoms with Gasteiger partial charge in [0, 0.05) is 30.0 Å². The van der Waals surface area contributed by atoms with Crippen molar-refractivity contribution in [2.24, 2.45) is 0 Å². The van der Waals surface area contributed by atoms with Gasteiger partial charge in [-0.1, -0.05) is 28.1 Å². The molecule has 20 heavy (non-hydrogen) atoms. The van der Waals surface area contributed by atoms with Crippen molar-refractivity contribution >= 4 is 27.9 Å². The lowest BCUT2D eigenvalue weighted by atomic mass is 9.99. The first-order valence-electron chi connectivity index (χ1n) is 6.56. The Bertz CT molecular complexity index is 507. The van der Waals surface area contributed by atoms with Gasteiger partial charge in [-0.05, 0) is 24.1 Å². The van der Waals surface area contributed by atoms with Gasteiger partial charge in [0.2, 0.25) is 0 Å². The molecule has 108 valence electrons. The number of nitrogens with zero attached hydrogens (tertiary/aromatic N) is 1. The Balaban J connectivity index is 1.85. The molecule has 1 saturated heterocycles. The quantitative estimate of drug-likeness (QED) is 0.884. The molecule has 0 aromatic heterocycles. The second kappa shape index (κ2) is 6.74. The lowest BCUT2D eigenvalue weighted by Gasteiger charge is -2.17. The van der Waals surface area contributed by atoms with Crippen LogP contribution < -0.4 is 5.32 Å². The molecule has 2 rings (SSSR count). The molecule has 1 heterocycles. The minimum Gasteiger partial charge on any atom is -0.481 e. The van der Waals surface area contributed by atoms with Crippen molar-refractivity contribution in [1.29, 1.82) is 0 Å². The Hall–Kier alpha value is -1.56. The minimum atomic E-state index is -0.904. The van der Waals surface area contributed by atoms with Crippen LogP contribution in [-0.2, 0) is 4.79 Å². The molecule has 0 radical (unpaired) electrons. The number of likely N-dealkylation sites (tertiary alicyclic amines) is 1. The van der Waals surface area contributed by atoms with Crippen LogP contribution in [0.2, 0.25) is 0 Å². The fourth-order valence-corrected chi connectivity index (χ4v) is 2.78. The number of carboxylic acids is 1. The van der Waals surface area contributed by atoms with Crippen molar-refractivity contribution < 1.29 is 14.7 Å². The zero-order valence-electron chi connectivity index (χ0n) is 11.0. The predicted octanol–water partition coefficient (Wildman–Crippen LogP) is 2.42. The summed E-state index contributed by atoms with van der Waals surface area (Å²) in [5.41, 5.74) is 1.22. The van der Waals surface area contributed by atoms with Gasteiger partial charge in [-0.2, -0.15) is 0 Å². The van der Waals surface area contributed by atoms with Gasteiger partial charge in [-0.3, -0.25) is 4.79 Å². The number of hydrogen-bond donors (Lipinski definition) is 2. The van der Waals surface area contributed by atoms with Crippen molar-refractivity contribution in [2.75, 3.05) is 19.6 Å². The summed E-state index contributed by atoms with van der Waals surface area (Å²) in [7, 11) is 0. The van der Waals surface area contributed by atoms with Crippen molar-refractivity contribution in [2.45, 2.75) is 18.8 Å². The molecule has 2 amide bonds. The second-order valence-corrected chi connectivity index (χ2v) is 5.78. The van der Waals surface area contributed by atoms with E-state index in [4.69, 9.17) is 5.11 Å². The standard InChI is InChI=1S/C14H17BrN2O3/c15-12-3-1-2-10(8-12)11-5-7-17(9-11)14(20)16-6-4-13(18)19/h1-3,8,11H,4-7,9H2,(H,16,20)(H,18,19). The highest BCUT2D eigenvalue weighted by Crippen LogP contribution is 2.28. The van der Waals surface area contributed by atoms with Gasteiger partial charge in [0.05, 0.1) is 6.42 Å². The van der Waals surface area contributed by atoms with Crippen LogP contribution in [0.1, 0.15) is 24.3 Å². The molecule has 1 aromatic rings. The van der Waals surface area contributed by atoms with Crippen LogP contribution in [0.3, 0.4) is 0 Å². The van der Waals surface area contributed by atoms with E-state index in [2.05, 4.69) is 33.4 Å². The van der Waals surface area contributed by atoms with E-state index in [1.165, 1.54) is 5.56 Å². The van der Waals surface area contributed by atoms with Crippen LogP contribution in [0.5, 0.6) is 0 Å². The van der Waals surface area contributed by atoms with Crippen molar-refractivity contribution in [3.63, 3.8) is 0 Å². The molecule has 1 aromatic carbocycles. The Labute approximate surface area is 126 Å². The maximum atomic E-state index is 11.9. The average Bonchev–Trinajstić information content (AvgIpc) is 2.87. The average molecular weight is 341 g/mol. The third-order valence-corrected chi connectivity index (χ3v) is 3.90. The lowest BCUT2D eigenvalue weighted by Crippen LogP contribution is -2.39. The van der Waals surface area contributed by atoms with E-state index >= 15 is 0 Å². The van der Waals surface area contributed by atoms with Crippen molar-refractivity contribution in [1.82, 2.24) is 10.2 Å². The number of carbonyl (C=O) groups is 2. The highest BCUT2D eigenvalue weighted by atomic mass is 79.9. The highest BCUT2D eigenvalue weighted by Gasteiger charge is 2.27. The predicted molar refractivity (Wildman–Crippen MR) is 78.7 cm³/mol. The molecule has 1 atom stereocenters. The molecule has 0 aliphatic carbocycles. The van der Waals surface area contributed by atoms with Crippen molar-refractivity contribution in [3.05, 3.63) is 34.3 Å². The minimum absolute atomic E-state index is 0.0470. The molecule has 1 unspecified atom stereocenters. The van der Waals surface area contributed by atoms with Crippen LogP contribution >= 0.6 is 15.9 Å². The van der Waals surface area contributed by atoms with Gasteiger partial charge in [0.25, 0.3) is 0 Å². The zero-order chi connectivity index (χ0) is 14.5. The summed E-state index contributed by atoms with van der Waals surface area (Å²) in [6.45, 7) is 1.55. The number of hydrogen-bond acceptors (Lipinski definition) is 2. The number of carboxylic acid groups (broad SMARTS) is 1. The molecule has 1 aliphatic rings. The number of aliphatic carboxylic acids is 1. The fraction of sp³-hybridized carbons (Fsp3) is 0.429. The fourth-order valence-electron chi connectivity index (χ4n) is 2.37. The Morgan fingerprint density at radius 1 is 1.45 bits per heavy atom. The van der Waals surface area contributed by atoms with Gasteiger partial charge in [0.1, 0.15) is 0 Å². The molecule has 5 nitrogen and oxygen atoms in total. The van der Waals surface area contributed by atoms with E-state index in [-0.39, 0.29) is 19.0 Å². The monoisotopic (exact) mass is 340 g/mol. The van der Waals surface area contributed by atoms with E-state index in [0.29, 0.717) is 19.0 Å². The van der Waals surface area contributed by atoms with E-state index in [0.717, 1.165) is 10.9 Å². The molecule has 0 spiro atoms. The van der Waals surface area contributed by atoms with Crippen LogP contribution in [-0.4, -0.2) is 41.6 Å². The van der Waals surface area contributed by atoms with Gasteiger partial charge in [-0.25, -0.2) is 4.79 Å². The van der Waals surface area contributed by atoms with Gasteiger partial charge >= 0.3 is 12.0 Å². The molecule has 2 N–H and O–H groups in total. The summed E-state index contributed by atoms with van der Waals surface area (Å²) >= 11 is 3.45. The largest absolute Gasteiger partial charge is 0.481 e. The number of amides is 2. The lowest BCUT2D eigenvalue weighted by molar-refractivity contribution is -0.136. The summed E-state index contributed by atoms with van der Waals surface area (Å²) in [5.74, 6) is -0.559. The first-order valence-corrected chi connectivity index (χ1v) is 7.35. The second-order valence-electron chi connectivity index (χ2n) is 4.86. The van der Waals surface area contributed by atoms with E-state index in [1.807, 2.05) is 12.1 Å². The number of rotatable bonds is 4. The van der Waals surface area contributed by atoms with Crippen LogP contribution in [0, 0.1) is 0 Å². The van der Waals surface area contributed by atoms with Crippen LogP contribution in [0.25, 0.3) is 0 Å². The maximum Gasteiger partial charge on any atom is 0.317 e. The molecule has 1 fully saturated rings. The summed E-state index contributed by atoms with van der Waals surface area (Å²) in [6.07, 6.45) is 0.886. The summed E-state index contributed by atoms with van der Waals surface area (Å²) in [5, 5.41) is 11.2. The topological polar surface area (TPSA) is 69.6 Å². The number of carbonyl (C=O) groups excluding carboxylic acids is 1. The van der Waals surface area contributed by atoms with Crippen molar-refractivity contribution in [3.8, 4) is 0 Å².